The maximum atomic E-state index is 12.7. The molecule has 2 aliphatic heterocycles. The Balaban J connectivity index is 1.19. The van der Waals surface area contributed by atoms with E-state index >= 15 is 0 Å². The van der Waals surface area contributed by atoms with Gasteiger partial charge < -0.3 is 30.0 Å². The molecule has 0 aromatic heterocycles. The summed E-state index contributed by atoms with van der Waals surface area (Å²) < 4.78 is 16.3. The van der Waals surface area contributed by atoms with E-state index < -0.39 is 42.3 Å². The monoisotopic (exact) mass is 466 g/mol. The summed E-state index contributed by atoms with van der Waals surface area (Å²) in [5.41, 5.74) is 4.52. The SMILES string of the molecule is O=C(N[C@H]1CCO[C@H]1C(=O)N[C@H]1CCO[C@H]1C(=O)O)OCC1c2ccccc2-c2ccccc21. The normalized spacial score (nSPS) is 25.4. The highest BCUT2D eigenvalue weighted by Crippen LogP contribution is 2.44. The first-order chi connectivity index (χ1) is 16.5. The third-order valence-corrected chi connectivity index (χ3v) is 6.66. The molecular formula is C25H26N2O7. The van der Waals surface area contributed by atoms with E-state index in [0.29, 0.717) is 19.4 Å². The lowest BCUT2D eigenvalue weighted by molar-refractivity contribution is -0.148. The lowest BCUT2D eigenvalue weighted by Gasteiger charge is -2.23. The molecule has 0 unspecified atom stereocenters. The van der Waals surface area contributed by atoms with Crippen LogP contribution >= 0.6 is 0 Å². The fourth-order valence-electron chi connectivity index (χ4n) is 5.03. The predicted molar refractivity (Wildman–Crippen MR) is 120 cm³/mol. The first-order valence-corrected chi connectivity index (χ1v) is 11.4. The van der Waals surface area contributed by atoms with Crippen molar-refractivity contribution in [2.45, 2.75) is 43.1 Å². The quantitative estimate of drug-likeness (QED) is 0.595. The number of carbonyl (C=O) groups is 3. The number of alkyl carbamates (subject to hydrolysis) is 1. The number of hydrogen-bond acceptors (Lipinski definition) is 6. The highest BCUT2D eigenvalue weighted by Gasteiger charge is 2.41. The number of rotatable bonds is 6. The zero-order chi connectivity index (χ0) is 23.7. The van der Waals surface area contributed by atoms with E-state index in [4.69, 9.17) is 14.2 Å². The Morgan fingerprint density at radius 2 is 1.41 bits per heavy atom. The second-order valence-electron chi connectivity index (χ2n) is 8.69. The van der Waals surface area contributed by atoms with Gasteiger partial charge in [0.2, 0.25) is 0 Å². The Kier molecular flexibility index (Phi) is 6.21. The topological polar surface area (TPSA) is 123 Å². The molecule has 2 aromatic rings. The largest absolute Gasteiger partial charge is 0.479 e. The van der Waals surface area contributed by atoms with Crippen molar-refractivity contribution in [3.8, 4) is 11.1 Å². The van der Waals surface area contributed by atoms with Crippen molar-refractivity contribution in [2.75, 3.05) is 19.8 Å². The summed E-state index contributed by atoms with van der Waals surface area (Å²) in [4.78, 5) is 36.6. The number of carbonyl (C=O) groups excluding carboxylic acids is 2. The lowest BCUT2D eigenvalue weighted by Crippen LogP contribution is -2.53. The molecule has 0 radical (unpaired) electrons. The number of carboxylic acids is 1. The first-order valence-electron chi connectivity index (χ1n) is 11.4. The average Bonchev–Trinajstić information content (AvgIpc) is 3.55. The smallest absolute Gasteiger partial charge is 0.407 e. The van der Waals surface area contributed by atoms with Crippen LogP contribution in [0.5, 0.6) is 0 Å². The van der Waals surface area contributed by atoms with E-state index in [0.717, 1.165) is 22.3 Å². The number of hydrogen-bond donors (Lipinski definition) is 3. The molecule has 3 aliphatic rings. The van der Waals surface area contributed by atoms with E-state index in [1.165, 1.54) is 0 Å². The van der Waals surface area contributed by atoms with Gasteiger partial charge in [-0.1, -0.05) is 48.5 Å². The van der Waals surface area contributed by atoms with Crippen molar-refractivity contribution in [3.63, 3.8) is 0 Å². The van der Waals surface area contributed by atoms with Gasteiger partial charge in [0.05, 0.1) is 12.1 Å². The van der Waals surface area contributed by atoms with E-state index in [1.54, 1.807) is 0 Å². The van der Waals surface area contributed by atoms with Gasteiger partial charge in [-0.2, -0.15) is 0 Å². The number of ether oxygens (including phenoxy) is 3. The van der Waals surface area contributed by atoms with Crippen molar-refractivity contribution >= 4 is 18.0 Å². The van der Waals surface area contributed by atoms with E-state index in [9.17, 15) is 19.5 Å². The summed E-state index contributed by atoms with van der Waals surface area (Å²) in [6, 6.07) is 15.0. The second-order valence-corrected chi connectivity index (χ2v) is 8.69. The molecule has 34 heavy (non-hydrogen) atoms. The Morgan fingerprint density at radius 3 is 2.03 bits per heavy atom. The fourth-order valence-corrected chi connectivity index (χ4v) is 5.03. The van der Waals surface area contributed by atoms with Gasteiger partial charge in [0.15, 0.2) is 12.2 Å². The third kappa shape index (κ3) is 4.24. The van der Waals surface area contributed by atoms with Gasteiger partial charge in [-0.15, -0.1) is 0 Å². The van der Waals surface area contributed by atoms with Crippen LogP contribution in [0.1, 0.15) is 29.9 Å². The fraction of sp³-hybridized carbons (Fsp3) is 0.400. The molecule has 178 valence electrons. The zero-order valence-electron chi connectivity index (χ0n) is 18.4. The van der Waals surface area contributed by atoms with E-state index in [2.05, 4.69) is 22.8 Å². The highest BCUT2D eigenvalue weighted by atomic mass is 16.6. The zero-order valence-corrected chi connectivity index (χ0v) is 18.4. The van der Waals surface area contributed by atoms with Crippen LogP contribution in [0.4, 0.5) is 4.79 Å². The molecule has 1 aliphatic carbocycles. The molecule has 2 amide bonds. The average molecular weight is 466 g/mol. The van der Waals surface area contributed by atoms with E-state index in [1.807, 2.05) is 36.4 Å². The molecule has 2 heterocycles. The Bertz CT molecular complexity index is 1060. The summed E-state index contributed by atoms with van der Waals surface area (Å²) >= 11 is 0. The molecule has 2 fully saturated rings. The summed E-state index contributed by atoms with van der Waals surface area (Å²) in [6.45, 7) is 0.731. The van der Waals surface area contributed by atoms with Gasteiger partial charge in [0.25, 0.3) is 5.91 Å². The number of benzene rings is 2. The van der Waals surface area contributed by atoms with Crippen LogP contribution < -0.4 is 10.6 Å². The number of aliphatic carboxylic acids is 1. The van der Waals surface area contributed by atoms with Crippen molar-refractivity contribution in [2.24, 2.45) is 0 Å². The minimum Gasteiger partial charge on any atom is -0.479 e. The molecule has 4 atom stereocenters. The minimum absolute atomic E-state index is 0.0626. The van der Waals surface area contributed by atoms with Crippen LogP contribution in [0.15, 0.2) is 48.5 Å². The van der Waals surface area contributed by atoms with Crippen LogP contribution in [-0.4, -0.2) is 67.2 Å². The van der Waals surface area contributed by atoms with Crippen LogP contribution in [0.25, 0.3) is 11.1 Å². The van der Waals surface area contributed by atoms with Crippen molar-refractivity contribution in [3.05, 3.63) is 59.7 Å². The van der Waals surface area contributed by atoms with Gasteiger partial charge >= 0.3 is 12.1 Å². The van der Waals surface area contributed by atoms with Gasteiger partial charge in [-0.3, -0.25) is 4.79 Å². The van der Waals surface area contributed by atoms with Gasteiger partial charge in [-0.05, 0) is 35.1 Å². The van der Waals surface area contributed by atoms with Crippen LogP contribution in [0.3, 0.4) is 0 Å². The van der Waals surface area contributed by atoms with Crippen LogP contribution in [0, 0.1) is 0 Å². The third-order valence-electron chi connectivity index (χ3n) is 6.66. The molecule has 0 saturated carbocycles. The number of nitrogens with one attached hydrogen (secondary N) is 2. The van der Waals surface area contributed by atoms with Gasteiger partial charge in [0.1, 0.15) is 6.61 Å². The maximum Gasteiger partial charge on any atom is 0.407 e. The van der Waals surface area contributed by atoms with Crippen LogP contribution in [-0.2, 0) is 23.8 Å². The molecule has 0 bridgehead atoms. The summed E-state index contributed by atoms with van der Waals surface area (Å²) in [7, 11) is 0. The summed E-state index contributed by atoms with van der Waals surface area (Å²) in [5.74, 6) is -1.65. The standard InChI is InChI=1S/C25H26N2O7/c28-23(26-20-10-12-33-22(20)24(29)30)21-19(9-11-32-21)27-25(31)34-13-18-16-7-3-1-5-14(16)15-6-2-4-8-17(15)18/h1-8,18-22H,9-13H2,(H,26,28)(H,27,31)(H,29,30)/t19-,20-,21+,22+/m0/s1. The molecule has 9 nitrogen and oxygen atoms in total. The predicted octanol–water partition coefficient (Wildman–Crippen LogP) is 2.04. The first kappa shape index (κ1) is 22.4. The summed E-state index contributed by atoms with van der Waals surface area (Å²) in [6.07, 6.45) is -1.77. The maximum absolute atomic E-state index is 12.7. The molecule has 3 N–H and O–H groups in total. The number of fused-ring (bicyclic) bond motifs is 3. The summed E-state index contributed by atoms with van der Waals surface area (Å²) in [5, 5.41) is 14.7. The Hall–Kier alpha value is -3.43. The molecule has 0 spiro atoms. The second kappa shape index (κ2) is 9.44. The number of carboxylic acid groups (broad SMARTS) is 1. The highest BCUT2D eigenvalue weighted by molar-refractivity contribution is 5.84. The molecule has 9 heteroatoms. The Labute approximate surface area is 196 Å². The molecule has 2 aromatic carbocycles. The van der Waals surface area contributed by atoms with Gasteiger partial charge in [-0.25, -0.2) is 9.59 Å². The van der Waals surface area contributed by atoms with Crippen LogP contribution in [0.2, 0.25) is 0 Å². The molecular weight excluding hydrogens is 440 g/mol. The molecule has 2 saturated heterocycles. The van der Waals surface area contributed by atoms with E-state index in [-0.39, 0.29) is 19.1 Å². The van der Waals surface area contributed by atoms with Gasteiger partial charge in [0, 0.05) is 19.1 Å². The lowest BCUT2D eigenvalue weighted by atomic mass is 9.98. The minimum atomic E-state index is -1.12. The Morgan fingerprint density at radius 1 is 0.853 bits per heavy atom. The van der Waals surface area contributed by atoms with Crippen molar-refractivity contribution in [1.82, 2.24) is 10.6 Å². The number of amides is 2. The molecule has 5 rings (SSSR count). The van der Waals surface area contributed by atoms with Crippen molar-refractivity contribution < 1.29 is 33.7 Å². The van der Waals surface area contributed by atoms with Crippen molar-refractivity contribution in [1.29, 1.82) is 0 Å².